The van der Waals surface area contributed by atoms with Crippen molar-refractivity contribution in [2.45, 2.75) is 19.8 Å². The highest BCUT2D eigenvalue weighted by Crippen LogP contribution is 2.22. The van der Waals surface area contributed by atoms with Crippen molar-refractivity contribution in [3.8, 4) is 0 Å². The Hall–Kier alpha value is -3.87. The molecule has 7 nitrogen and oxygen atoms in total. The van der Waals surface area contributed by atoms with Gasteiger partial charge in [0, 0.05) is 23.1 Å². The fourth-order valence-electron chi connectivity index (χ4n) is 2.83. The predicted molar refractivity (Wildman–Crippen MR) is 114 cm³/mol. The van der Waals surface area contributed by atoms with Gasteiger partial charge >= 0.3 is 6.03 Å². The number of hydrogen-bond donors (Lipinski definition) is 4. The third-order valence-electron chi connectivity index (χ3n) is 4.24. The minimum atomic E-state index is -0.557. The molecule has 0 fully saturated rings. The number of carbonyl (C=O) groups is 3. The second-order valence-corrected chi connectivity index (χ2v) is 6.44. The molecule has 3 aromatic carbocycles. The van der Waals surface area contributed by atoms with Crippen LogP contribution < -0.4 is 21.5 Å². The molecule has 0 saturated carbocycles. The Morgan fingerprint density at radius 3 is 2.28 bits per heavy atom. The van der Waals surface area contributed by atoms with Crippen molar-refractivity contribution in [1.82, 2.24) is 10.9 Å². The standard InChI is InChI=1S/C22H22N4O3/c1-2-6-20(27)23-17-13-11-16(12-14-17)21(28)25-26-22(29)24-19-10-5-8-15-7-3-4-9-18(15)19/h3-5,7-14H,2,6H2,1H3,(H,23,27)(H,25,28)(H2,24,26,29). The maximum atomic E-state index is 12.2. The average Bonchev–Trinajstić information content (AvgIpc) is 2.73. The van der Waals surface area contributed by atoms with Crippen molar-refractivity contribution in [2.24, 2.45) is 0 Å². The average molecular weight is 390 g/mol. The maximum Gasteiger partial charge on any atom is 0.337 e. The fraction of sp³-hybridized carbons (Fsp3) is 0.136. The molecule has 0 aromatic heterocycles. The van der Waals surface area contributed by atoms with Crippen molar-refractivity contribution >= 4 is 40.0 Å². The summed E-state index contributed by atoms with van der Waals surface area (Å²) in [6, 6.07) is 19.1. The molecule has 0 unspecified atom stereocenters. The molecular weight excluding hydrogens is 368 g/mol. The molecule has 4 amide bonds. The maximum absolute atomic E-state index is 12.2. The summed E-state index contributed by atoms with van der Waals surface area (Å²) in [6.07, 6.45) is 1.21. The molecule has 3 aromatic rings. The van der Waals surface area contributed by atoms with Crippen LogP contribution in [0, 0.1) is 0 Å². The normalized spacial score (nSPS) is 10.2. The van der Waals surface area contributed by atoms with Crippen LogP contribution in [0.4, 0.5) is 16.2 Å². The SMILES string of the molecule is CCCC(=O)Nc1ccc(C(=O)NNC(=O)Nc2cccc3ccccc23)cc1. The lowest BCUT2D eigenvalue weighted by molar-refractivity contribution is -0.116. The van der Waals surface area contributed by atoms with E-state index in [-0.39, 0.29) is 5.91 Å². The lowest BCUT2D eigenvalue weighted by atomic mass is 10.1. The van der Waals surface area contributed by atoms with Gasteiger partial charge in [0.05, 0.1) is 5.69 Å². The van der Waals surface area contributed by atoms with Gasteiger partial charge in [-0.3, -0.25) is 15.0 Å². The van der Waals surface area contributed by atoms with E-state index < -0.39 is 11.9 Å². The number of nitrogens with one attached hydrogen (secondary N) is 4. The number of rotatable bonds is 5. The largest absolute Gasteiger partial charge is 0.337 e. The van der Waals surface area contributed by atoms with Crippen LogP contribution in [0.25, 0.3) is 10.8 Å². The summed E-state index contributed by atoms with van der Waals surface area (Å²) in [7, 11) is 0. The molecule has 3 rings (SSSR count). The minimum absolute atomic E-state index is 0.0727. The Morgan fingerprint density at radius 2 is 1.52 bits per heavy atom. The molecule has 0 aliphatic heterocycles. The zero-order chi connectivity index (χ0) is 20.6. The lowest BCUT2D eigenvalue weighted by Crippen LogP contribution is -2.43. The lowest BCUT2D eigenvalue weighted by Gasteiger charge is -2.11. The van der Waals surface area contributed by atoms with Gasteiger partial charge in [-0.2, -0.15) is 0 Å². The summed E-state index contributed by atoms with van der Waals surface area (Å²) in [6.45, 7) is 1.93. The van der Waals surface area contributed by atoms with E-state index in [1.807, 2.05) is 43.3 Å². The number of anilines is 2. The van der Waals surface area contributed by atoms with E-state index in [2.05, 4.69) is 21.5 Å². The molecule has 0 bridgehead atoms. The first-order chi connectivity index (χ1) is 14.1. The van der Waals surface area contributed by atoms with Crippen LogP contribution in [0.5, 0.6) is 0 Å². The van der Waals surface area contributed by atoms with E-state index in [4.69, 9.17) is 0 Å². The van der Waals surface area contributed by atoms with Gasteiger partial charge in [-0.15, -0.1) is 0 Å². The molecule has 0 saturated heterocycles. The van der Waals surface area contributed by atoms with Gasteiger partial charge in [0.2, 0.25) is 5.91 Å². The zero-order valence-electron chi connectivity index (χ0n) is 16.0. The fourth-order valence-corrected chi connectivity index (χ4v) is 2.83. The van der Waals surface area contributed by atoms with Gasteiger partial charge in [-0.05, 0) is 42.1 Å². The molecule has 0 aliphatic carbocycles. The molecule has 0 aliphatic rings. The highest BCUT2D eigenvalue weighted by molar-refractivity contribution is 6.02. The molecule has 4 N–H and O–H groups in total. The van der Waals surface area contributed by atoms with Crippen LogP contribution in [-0.4, -0.2) is 17.8 Å². The molecule has 29 heavy (non-hydrogen) atoms. The van der Waals surface area contributed by atoms with Crippen molar-refractivity contribution < 1.29 is 14.4 Å². The first kappa shape index (κ1) is 19.9. The van der Waals surface area contributed by atoms with Gasteiger partial charge in [0.25, 0.3) is 5.91 Å². The summed E-state index contributed by atoms with van der Waals surface area (Å²) in [5.41, 5.74) is 6.30. The molecule has 148 valence electrons. The number of urea groups is 1. The van der Waals surface area contributed by atoms with Gasteiger partial charge in [0.1, 0.15) is 0 Å². The van der Waals surface area contributed by atoms with Crippen molar-refractivity contribution in [3.05, 3.63) is 72.3 Å². The molecule has 0 spiro atoms. The Labute approximate surface area is 168 Å². The molecule has 7 heteroatoms. The summed E-state index contributed by atoms with van der Waals surface area (Å²) in [5.74, 6) is -0.541. The molecule has 0 radical (unpaired) electrons. The first-order valence-electron chi connectivity index (χ1n) is 9.32. The van der Waals surface area contributed by atoms with Crippen LogP contribution in [0.15, 0.2) is 66.7 Å². The highest BCUT2D eigenvalue weighted by atomic mass is 16.2. The Kier molecular flexibility index (Phi) is 6.42. The van der Waals surface area contributed by atoms with Gasteiger partial charge in [-0.25, -0.2) is 10.2 Å². The number of carbonyl (C=O) groups excluding carboxylic acids is 3. The van der Waals surface area contributed by atoms with Gasteiger partial charge < -0.3 is 10.6 Å². The number of hydrazine groups is 1. The topological polar surface area (TPSA) is 99.3 Å². The van der Waals surface area contributed by atoms with E-state index in [1.165, 1.54) is 0 Å². The number of fused-ring (bicyclic) bond motifs is 1. The van der Waals surface area contributed by atoms with E-state index in [0.29, 0.717) is 23.4 Å². The second kappa shape index (κ2) is 9.36. The third kappa shape index (κ3) is 5.32. The minimum Gasteiger partial charge on any atom is -0.326 e. The van der Waals surface area contributed by atoms with E-state index in [9.17, 15) is 14.4 Å². The monoisotopic (exact) mass is 390 g/mol. The molecule has 0 atom stereocenters. The number of amides is 4. The first-order valence-corrected chi connectivity index (χ1v) is 9.32. The van der Waals surface area contributed by atoms with Crippen molar-refractivity contribution in [2.75, 3.05) is 10.6 Å². The van der Waals surface area contributed by atoms with Crippen LogP contribution in [0.1, 0.15) is 30.1 Å². The molecule has 0 heterocycles. The van der Waals surface area contributed by atoms with Crippen LogP contribution in [-0.2, 0) is 4.79 Å². The van der Waals surface area contributed by atoms with Crippen molar-refractivity contribution in [1.29, 1.82) is 0 Å². The highest BCUT2D eigenvalue weighted by Gasteiger charge is 2.09. The zero-order valence-corrected chi connectivity index (χ0v) is 16.0. The number of benzene rings is 3. The summed E-state index contributed by atoms with van der Waals surface area (Å²) >= 11 is 0. The van der Waals surface area contributed by atoms with E-state index in [1.54, 1.807) is 30.3 Å². The predicted octanol–water partition coefficient (Wildman–Crippen LogP) is 4.04. The summed E-state index contributed by atoms with van der Waals surface area (Å²) in [5, 5.41) is 7.37. The summed E-state index contributed by atoms with van der Waals surface area (Å²) < 4.78 is 0. The van der Waals surface area contributed by atoms with Crippen LogP contribution >= 0.6 is 0 Å². The Bertz CT molecular complexity index is 1030. The van der Waals surface area contributed by atoms with Crippen molar-refractivity contribution in [3.63, 3.8) is 0 Å². The Morgan fingerprint density at radius 1 is 0.793 bits per heavy atom. The second-order valence-electron chi connectivity index (χ2n) is 6.44. The molecular formula is C22H22N4O3. The van der Waals surface area contributed by atoms with E-state index >= 15 is 0 Å². The number of hydrogen-bond acceptors (Lipinski definition) is 3. The Balaban J connectivity index is 1.54. The third-order valence-corrected chi connectivity index (χ3v) is 4.24. The summed E-state index contributed by atoms with van der Waals surface area (Å²) in [4.78, 5) is 35.9. The quantitative estimate of drug-likeness (QED) is 0.495. The van der Waals surface area contributed by atoms with E-state index in [0.717, 1.165) is 17.2 Å². The van der Waals surface area contributed by atoms with Crippen LogP contribution in [0.3, 0.4) is 0 Å². The smallest absolute Gasteiger partial charge is 0.326 e. The van der Waals surface area contributed by atoms with Gasteiger partial charge in [-0.1, -0.05) is 43.3 Å². The van der Waals surface area contributed by atoms with Gasteiger partial charge in [0.15, 0.2) is 0 Å². The van der Waals surface area contributed by atoms with Crippen LogP contribution in [0.2, 0.25) is 0 Å².